The smallest absolute Gasteiger partial charge is 0.303 e. The number of carbonyl (C=O) groups is 2. The summed E-state index contributed by atoms with van der Waals surface area (Å²) in [6.45, 7) is 0.770. The van der Waals surface area contributed by atoms with Crippen LogP contribution in [0, 0.1) is 17.6 Å². The van der Waals surface area contributed by atoms with E-state index in [-0.39, 0.29) is 29.9 Å². The van der Waals surface area contributed by atoms with Crippen LogP contribution < -0.4 is 0 Å². The SMILES string of the molecule is CN(CCCCc1ccc(F)cc1)C(=O)C1CCc2nc[nH]c2C1.O=C(O)CCCc1ccc(F)cc1. The molecule has 0 saturated heterocycles. The van der Waals surface area contributed by atoms with Crippen LogP contribution in [0.15, 0.2) is 54.9 Å². The first-order valence-electron chi connectivity index (χ1n) is 12.8. The Bertz CT molecular complexity index is 1130. The zero-order valence-corrected chi connectivity index (χ0v) is 21.3. The molecule has 0 fully saturated rings. The molecule has 1 aliphatic carbocycles. The van der Waals surface area contributed by atoms with E-state index >= 15 is 0 Å². The maximum absolute atomic E-state index is 12.9. The summed E-state index contributed by atoms with van der Waals surface area (Å²) in [7, 11) is 1.89. The van der Waals surface area contributed by atoms with Gasteiger partial charge in [-0.3, -0.25) is 9.59 Å². The van der Waals surface area contributed by atoms with Crippen LogP contribution in [0.4, 0.5) is 8.78 Å². The molecule has 0 saturated carbocycles. The van der Waals surface area contributed by atoms with Crippen molar-refractivity contribution in [2.24, 2.45) is 5.92 Å². The Balaban J connectivity index is 0.000000248. The number of carbonyl (C=O) groups excluding carboxylic acids is 1. The number of benzene rings is 2. The van der Waals surface area contributed by atoms with Crippen molar-refractivity contribution in [1.29, 1.82) is 0 Å². The number of H-pyrrole nitrogens is 1. The number of hydrogen-bond donors (Lipinski definition) is 2. The number of halogens is 2. The predicted octanol–water partition coefficient (Wildman–Crippen LogP) is 5.37. The molecule has 6 nitrogen and oxygen atoms in total. The number of rotatable bonds is 10. The maximum Gasteiger partial charge on any atom is 0.303 e. The van der Waals surface area contributed by atoms with Gasteiger partial charge in [0, 0.05) is 38.0 Å². The van der Waals surface area contributed by atoms with Crippen molar-refractivity contribution in [3.05, 3.63) is 89.0 Å². The van der Waals surface area contributed by atoms with Crippen LogP contribution in [0.3, 0.4) is 0 Å². The lowest BCUT2D eigenvalue weighted by molar-refractivity contribution is -0.137. The number of aromatic amines is 1. The highest BCUT2D eigenvalue weighted by Crippen LogP contribution is 2.24. The van der Waals surface area contributed by atoms with Crippen LogP contribution in [0.2, 0.25) is 0 Å². The Morgan fingerprint density at radius 3 is 2.16 bits per heavy atom. The van der Waals surface area contributed by atoms with E-state index in [0.717, 1.165) is 67.6 Å². The van der Waals surface area contributed by atoms with Gasteiger partial charge in [0.1, 0.15) is 11.6 Å². The number of amides is 1. The number of imidazole rings is 1. The van der Waals surface area contributed by atoms with Crippen molar-refractivity contribution in [3.63, 3.8) is 0 Å². The first-order valence-corrected chi connectivity index (χ1v) is 12.8. The van der Waals surface area contributed by atoms with Gasteiger partial charge in [-0.25, -0.2) is 13.8 Å². The summed E-state index contributed by atoms with van der Waals surface area (Å²) in [6, 6.07) is 12.8. The van der Waals surface area contributed by atoms with Crippen molar-refractivity contribution >= 4 is 11.9 Å². The molecule has 8 heteroatoms. The van der Waals surface area contributed by atoms with Crippen LogP contribution in [0.25, 0.3) is 0 Å². The lowest BCUT2D eigenvalue weighted by Crippen LogP contribution is -2.36. The molecule has 2 aromatic carbocycles. The minimum absolute atomic E-state index is 0.0695. The van der Waals surface area contributed by atoms with Crippen LogP contribution in [-0.2, 0) is 35.3 Å². The monoisotopic (exact) mass is 511 g/mol. The average molecular weight is 512 g/mol. The molecule has 0 aliphatic heterocycles. The quantitative estimate of drug-likeness (QED) is 0.359. The molecular weight excluding hydrogens is 476 g/mol. The Morgan fingerprint density at radius 1 is 0.973 bits per heavy atom. The number of aryl methyl sites for hydroxylation is 3. The summed E-state index contributed by atoms with van der Waals surface area (Å²) in [5.74, 6) is -0.946. The van der Waals surface area contributed by atoms with Gasteiger partial charge in [-0.15, -0.1) is 0 Å². The second kappa shape index (κ2) is 14.3. The minimum Gasteiger partial charge on any atom is -0.481 e. The fourth-order valence-electron chi connectivity index (χ4n) is 4.46. The van der Waals surface area contributed by atoms with Crippen LogP contribution in [-0.4, -0.2) is 45.4 Å². The van der Waals surface area contributed by atoms with Crippen LogP contribution >= 0.6 is 0 Å². The van der Waals surface area contributed by atoms with E-state index in [1.54, 1.807) is 18.5 Å². The molecular formula is C29H35F2N3O3. The number of unbranched alkanes of at least 4 members (excludes halogenated alkanes) is 1. The highest BCUT2D eigenvalue weighted by Gasteiger charge is 2.28. The first-order chi connectivity index (χ1) is 17.8. The molecule has 4 rings (SSSR count). The van der Waals surface area contributed by atoms with Crippen molar-refractivity contribution in [2.75, 3.05) is 13.6 Å². The third-order valence-electron chi connectivity index (χ3n) is 6.60. The number of aliphatic carboxylic acids is 1. The number of nitrogens with one attached hydrogen (secondary N) is 1. The molecule has 1 unspecified atom stereocenters. The van der Waals surface area contributed by atoms with Crippen LogP contribution in [0.1, 0.15) is 54.6 Å². The number of aromatic nitrogens is 2. The predicted molar refractivity (Wildman–Crippen MR) is 138 cm³/mol. The van der Waals surface area contributed by atoms with E-state index in [2.05, 4.69) is 9.97 Å². The summed E-state index contributed by atoms with van der Waals surface area (Å²) in [5.41, 5.74) is 4.34. The van der Waals surface area contributed by atoms with E-state index < -0.39 is 5.97 Å². The van der Waals surface area contributed by atoms with Gasteiger partial charge < -0.3 is 15.0 Å². The largest absolute Gasteiger partial charge is 0.481 e. The Hall–Kier alpha value is -3.55. The van der Waals surface area contributed by atoms with Gasteiger partial charge in [0.15, 0.2) is 0 Å². The Labute approximate surface area is 216 Å². The zero-order valence-electron chi connectivity index (χ0n) is 21.3. The molecule has 1 aliphatic rings. The van der Waals surface area contributed by atoms with Gasteiger partial charge >= 0.3 is 5.97 Å². The molecule has 0 spiro atoms. The average Bonchev–Trinajstić information content (AvgIpc) is 3.36. The molecule has 1 heterocycles. The number of carboxylic acid groups (broad SMARTS) is 1. The van der Waals surface area contributed by atoms with E-state index in [0.29, 0.717) is 12.8 Å². The lowest BCUT2D eigenvalue weighted by atomic mass is 9.89. The van der Waals surface area contributed by atoms with Crippen LogP contribution in [0.5, 0.6) is 0 Å². The fourth-order valence-corrected chi connectivity index (χ4v) is 4.46. The molecule has 1 atom stereocenters. The normalized spacial score (nSPS) is 14.3. The third kappa shape index (κ3) is 9.44. The second-order valence-electron chi connectivity index (χ2n) is 9.48. The number of fused-ring (bicyclic) bond motifs is 1. The lowest BCUT2D eigenvalue weighted by Gasteiger charge is -2.26. The van der Waals surface area contributed by atoms with Gasteiger partial charge in [-0.05, 0) is 80.3 Å². The molecule has 2 N–H and O–H groups in total. The number of carboxylic acids is 1. The van der Waals surface area contributed by atoms with Gasteiger partial charge in [0.25, 0.3) is 0 Å². The molecule has 37 heavy (non-hydrogen) atoms. The number of hydrogen-bond acceptors (Lipinski definition) is 3. The van der Waals surface area contributed by atoms with E-state index in [9.17, 15) is 18.4 Å². The molecule has 0 bridgehead atoms. The minimum atomic E-state index is -0.790. The van der Waals surface area contributed by atoms with E-state index in [4.69, 9.17) is 5.11 Å². The Morgan fingerprint density at radius 2 is 1.57 bits per heavy atom. The van der Waals surface area contributed by atoms with Crippen molar-refractivity contribution in [1.82, 2.24) is 14.9 Å². The third-order valence-corrected chi connectivity index (χ3v) is 6.60. The van der Waals surface area contributed by atoms with Crippen molar-refractivity contribution in [3.8, 4) is 0 Å². The number of nitrogens with zero attached hydrogens (tertiary/aromatic N) is 2. The van der Waals surface area contributed by atoms with E-state index in [1.165, 1.54) is 24.3 Å². The summed E-state index contributed by atoms with van der Waals surface area (Å²) in [4.78, 5) is 32.1. The molecule has 0 radical (unpaired) electrons. The summed E-state index contributed by atoms with van der Waals surface area (Å²) >= 11 is 0. The summed E-state index contributed by atoms with van der Waals surface area (Å²) in [6.07, 6.45) is 8.59. The Kier molecular flexibility index (Phi) is 10.8. The second-order valence-corrected chi connectivity index (χ2v) is 9.48. The maximum atomic E-state index is 12.9. The fraction of sp³-hybridized carbons (Fsp3) is 0.414. The standard InChI is InChI=1S/C19H24FN3O.C10H11FO2/c1-23(11-3-2-4-14-5-8-16(20)9-6-14)19(24)15-7-10-17-18(12-15)22-13-21-17;11-9-6-4-8(5-7-9)2-1-3-10(12)13/h5-6,8-9,13,15H,2-4,7,10-12H2,1H3,(H,21,22);4-7H,1-3H2,(H,12,13). The summed E-state index contributed by atoms with van der Waals surface area (Å²) < 4.78 is 25.3. The van der Waals surface area contributed by atoms with E-state index in [1.807, 2.05) is 24.1 Å². The van der Waals surface area contributed by atoms with Gasteiger partial charge in [0.05, 0.1) is 12.0 Å². The molecule has 1 aromatic heterocycles. The highest BCUT2D eigenvalue weighted by molar-refractivity contribution is 5.79. The van der Waals surface area contributed by atoms with Gasteiger partial charge in [-0.1, -0.05) is 24.3 Å². The zero-order chi connectivity index (χ0) is 26.6. The van der Waals surface area contributed by atoms with Gasteiger partial charge in [-0.2, -0.15) is 0 Å². The first kappa shape index (κ1) is 28.0. The molecule has 198 valence electrons. The van der Waals surface area contributed by atoms with Crippen molar-refractivity contribution < 1.29 is 23.5 Å². The summed E-state index contributed by atoms with van der Waals surface area (Å²) in [5, 5.41) is 8.38. The molecule has 3 aromatic rings. The molecule has 1 amide bonds. The van der Waals surface area contributed by atoms with Gasteiger partial charge in [0.2, 0.25) is 5.91 Å². The topological polar surface area (TPSA) is 86.3 Å². The van der Waals surface area contributed by atoms with Crippen molar-refractivity contribution in [2.45, 2.75) is 57.8 Å². The highest BCUT2D eigenvalue weighted by atomic mass is 19.1.